The maximum atomic E-state index is 12.9. The summed E-state index contributed by atoms with van der Waals surface area (Å²) in [7, 11) is 0. The number of carboxylic acid groups (broad SMARTS) is 1. The number of benzene rings is 3. The molecule has 6 heteroatoms. The van der Waals surface area contributed by atoms with Gasteiger partial charge in [-0.05, 0) is 98.5 Å². The van der Waals surface area contributed by atoms with E-state index in [1.54, 1.807) is 0 Å². The fraction of sp³-hybridized carbons (Fsp3) is 0.310. The van der Waals surface area contributed by atoms with Gasteiger partial charge >= 0.3 is 5.97 Å². The molecule has 0 spiro atoms. The van der Waals surface area contributed by atoms with Crippen LogP contribution in [0.3, 0.4) is 0 Å². The molecule has 4 rings (SSSR count). The average molecular weight is 491 g/mol. The maximum Gasteiger partial charge on any atom is 0.329 e. The highest BCUT2D eigenvalue weighted by Gasteiger charge is 2.51. The van der Waals surface area contributed by atoms with Crippen molar-refractivity contribution in [1.82, 2.24) is 5.32 Å². The third kappa shape index (κ3) is 5.06. The minimum Gasteiger partial charge on any atom is -0.480 e. The van der Waals surface area contributed by atoms with Crippen LogP contribution in [0, 0.1) is 27.7 Å². The Morgan fingerprint density at radius 2 is 1.51 bits per heavy atom. The van der Waals surface area contributed by atoms with E-state index in [0.29, 0.717) is 18.4 Å². The van der Waals surface area contributed by atoms with E-state index < -0.39 is 11.5 Å². The number of hydrogen-bond acceptors (Lipinski definition) is 3. The zero-order valence-corrected chi connectivity index (χ0v) is 21.5. The first-order chi connectivity index (χ1) is 16.5. The summed E-state index contributed by atoms with van der Waals surface area (Å²) in [5.41, 5.74) is 7.41. The summed E-state index contributed by atoms with van der Waals surface area (Å²) in [4.78, 5) is 24.4. The molecule has 5 nitrogen and oxygen atoms in total. The minimum absolute atomic E-state index is 0.0958. The number of carbonyl (C=O) groups excluding carboxylic acids is 1. The lowest BCUT2D eigenvalue weighted by molar-refractivity contribution is -0.140. The predicted molar refractivity (Wildman–Crippen MR) is 141 cm³/mol. The minimum atomic E-state index is -1.10. The van der Waals surface area contributed by atoms with Crippen molar-refractivity contribution in [3.63, 3.8) is 0 Å². The van der Waals surface area contributed by atoms with E-state index in [4.69, 9.17) is 11.6 Å². The third-order valence-electron chi connectivity index (χ3n) is 6.81. The highest BCUT2D eigenvalue weighted by atomic mass is 35.5. The van der Waals surface area contributed by atoms with Gasteiger partial charge < -0.3 is 15.7 Å². The van der Waals surface area contributed by atoms with Gasteiger partial charge in [-0.2, -0.15) is 0 Å². The van der Waals surface area contributed by atoms with Gasteiger partial charge in [0.05, 0.1) is 0 Å². The molecule has 0 heterocycles. The number of aliphatic carboxylic acids is 1. The van der Waals surface area contributed by atoms with Crippen LogP contribution in [0.2, 0.25) is 5.02 Å². The number of anilines is 1. The number of carbonyl (C=O) groups is 2. The summed E-state index contributed by atoms with van der Waals surface area (Å²) in [6.07, 6.45) is 0.940. The molecule has 0 saturated heterocycles. The normalized spacial score (nSPS) is 14.8. The van der Waals surface area contributed by atoms with E-state index >= 15 is 0 Å². The van der Waals surface area contributed by atoms with Crippen LogP contribution in [0.4, 0.5) is 5.69 Å². The molecule has 1 fully saturated rings. The zero-order valence-electron chi connectivity index (χ0n) is 20.8. The Morgan fingerprint density at radius 3 is 2.06 bits per heavy atom. The molecule has 182 valence electrons. The molecule has 1 saturated carbocycles. The summed E-state index contributed by atoms with van der Waals surface area (Å²) in [5.74, 6) is -1.30. The van der Waals surface area contributed by atoms with Gasteiger partial charge in [0.15, 0.2) is 0 Å². The van der Waals surface area contributed by atoms with E-state index in [-0.39, 0.29) is 11.9 Å². The Morgan fingerprint density at radius 1 is 0.914 bits per heavy atom. The van der Waals surface area contributed by atoms with Crippen molar-refractivity contribution in [2.45, 2.75) is 59.0 Å². The van der Waals surface area contributed by atoms with Crippen LogP contribution in [0.1, 0.15) is 64.0 Å². The molecule has 3 aromatic carbocycles. The van der Waals surface area contributed by atoms with Crippen LogP contribution < -0.4 is 10.6 Å². The molecule has 1 atom stereocenters. The quantitative estimate of drug-likeness (QED) is 0.342. The van der Waals surface area contributed by atoms with E-state index in [1.807, 2.05) is 58.0 Å². The molecule has 1 amide bonds. The molecule has 3 aromatic rings. The standard InChI is InChI=1S/C29H31ClN2O3/c1-16-11-23(12-17(2)25(16)27(33)32-29(9-10-29)28(34)35)21-7-6-8-24(15-21)31-20(5)22-13-18(3)26(30)19(4)14-22/h6-8,11-15,20,31H,9-10H2,1-5H3,(H,32,33)(H,34,35)/t20-/m1/s1. The summed E-state index contributed by atoms with van der Waals surface area (Å²) < 4.78 is 0. The summed E-state index contributed by atoms with van der Waals surface area (Å²) in [6, 6.07) is 16.5. The van der Waals surface area contributed by atoms with Gasteiger partial charge in [-0.3, -0.25) is 4.79 Å². The van der Waals surface area contributed by atoms with Crippen LogP contribution >= 0.6 is 11.6 Å². The second-order valence-electron chi connectivity index (χ2n) is 9.74. The number of amides is 1. The smallest absolute Gasteiger partial charge is 0.329 e. The maximum absolute atomic E-state index is 12.9. The van der Waals surface area contributed by atoms with Gasteiger partial charge in [0.2, 0.25) is 0 Å². The van der Waals surface area contributed by atoms with Crippen molar-refractivity contribution in [3.8, 4) is 11.1 Å². The van der Waals surface area contributed by atoms with Gasteiger partial charge in [-0.1, -0.05) is 48.0 Å². The first-order valence-electron chi connectivity index (χ1n) is 11.8. The molecule has 0 aliphatic heterocycles. The Kier molecular flexibility index (Phi) is 6.65. The monoisotopic (exact) mass is 490 g/mol. The Bertz CT molecular complexity index is 1280. The third-order valence-corrected chi connectivity index (χ3v) is 7.41. The van der Waals surface area contributed by atoms with Gasteiger partial charge in [0, 0.05) is 22.3 Å². The lowest BCUT2D eigenvalue weighted by Gasteiger charge is -2.19. The fourth-order valence-electron chi connectivity index (χ4n) is 4.64. The molecular weight excluding hydrogens is 460 g/mol. The lowest BCUT2D eigenvalue weighted by Crippen LogP contribution is -2.43. The van der Waals surface area contributed by atoms with Crippen molar-refractivity contribution in [3.05, 3.63) is 86.9 Å². The second-order valence-corrected chi connectivity index (χ2v) is 10.1. The molecule has 3 N–H and O–H groups in total. The largest absolute Gasteiger partial charge is 0.480 e. The molecule has 0 aromatic heterocycles. The van der Waals surface area contributed by atoms with Crippen LogP contribution in [0.15, 0.2) is 48.5 Å². The van der Waals surface area contributed by atoms with Crippen LogP contribution in [0.25, 0.3) is 11.1 Å². The SMILES string of the molecule is Cc1cc([C@@H](C)Nc2cccc(-c3cc(C)c(C(=O)NC4(C(=O)O)CC4)c(C)c3)c2)cc(C)c1Cl. The number of nitrogens with one attached hydrogen (secondary N) is 2. The predicted octanol–water partition coefficient (Wildman–Crippen LogP) is 6.76. The number of carboxylic acids is 1. The molecule has 1 aliphatic carbocycles. The van der Waals surface area contributed by atoms with Crippen molar-refractivity contribution in [2.75, 3.05) is 5.32 Å². The average Bonchev–Trinajstić information content (AvgIpc) is 3.57. The van der Waals surface area contributed by atoms with E-state index in [1.165, 1.54) is 5.56 Å². The molecule has 35 heavy (non-hydrogen) atoms. The highest BCUT2D eigenvalue weighted by molar-refractivity contribution is 6.32. The van der Waals surface area contributed by atoms with Crippen molar-refractivity contribution < 1.29 is 14.7 Å². The van der Waals surface area contributed by atoms with Gasteiger partial charge in [-0.25, -0.2) is 4.79 Å². The van der Waals surface area contributed by atoms with Crippen LogP contribution in [-0.2, 0) is 4.79 Å². The number of halogens is 1. The summed E-state index contributed by atoms with van der Waals surface area (Å²) in [5, 5.41) is 16.5. The Hall–Kier alpha value is -3.31. The first-order valence-corrected chi connectivity index (χ1v) is 12.2. The number of rotatable bonds is 7. The van der Waals surface area contributed by atoms with Crippen molar-refractivity contribution >= 4 is 29.2 Å². The molecule has 1 aliphatic rings. The molecule has 0 radical (unpaired) electrons. The lowest BCUT2D eigenvalue weighted by atomic mass is 9.94. The number of aryl methyl sites for hydroxylation is 4. The molecular formula is C29H31ClN2O3. The fourth-order valence-corrected chi connectivity index (χ4v) is 4.75. The second kappa shape index (κ2) is 9.38. The van der Waals surface area contributed by atoms with Crippen molar-refractivity contribution in [2.24, 2.45) is 0 Å². The first kappa shape index (κ1) is 24.8. The topological polar surface area (TPSA) is 78.4 Å². The van der Waals surface area contributed by atoms with E-state index in [2.05, 4.69) is 35.8 Å². The molecule has 0 bridgehead atoms. The summed E-state index contributed by atoms with van der Waals surface area (Å²) in [6.45, 7) is 9.95. The van der Waals surface area contributed by atoms with E-state index in [0.717, 1.165) is 44.1 Å². The highest BCUT2D eigenvalue weighted by Crippen LogP contribution is 2.36. The summed E-state index contributed by atoms with van der Waals surface area (Å²) >= 11 is 6.34. The van der Waals surface area contributed by atoms with E-state index in [9.17, 15) is 14.7 Å². The Labute approximate surface area is 211 Å². The zero-order chi connectivity index (χ0) is 25.5. The van der Waals surface area contributed by atoms with Gasteiger partial charge in [0.25, 0.3) is 5.91 Å². The number of hydrogen-bond donors (Lipinski definition) is 3. The Balaban J connectivity index is 1.56. The van der Waals surface area contributed by atoms with Crippen LogP contribution in [-0.4, -0.2) is 22.5 Å². The van der Waals surface area contributed by atoms with Gasteiger partial charge in [0.1, 0.15) is 5.54 Å². The van der Waals surface area contributed by atoms with Crippen LogP contribution in [0.5, 0.6) is 0 Å². The van der Waals surface area contributed by atoms with Crippen molar-refractivity contribution in [1.29, 1.82) is 0 Å². The molecule has 0 unspecified atom stereocenters. The van der Waals surface area contributed by atoms with Gasteiger partial charge in [-0.15, -0.1) is 0 Å².